The van der Waals surface area contributed by atoms with Crippen molar-refractivity contribution in [1.82, 2.24) is 0 Å². The number of allylic oxidation sites excluding steroid dienone is 17. The van der Waals surface area contributed by atoms with Crippen molar-refractivity contribution in [2.75, 3.05) is 0 Å². The monoisotopic (exact) mass is 885 g/mol. The van der Waals surface area contributed by atoms with Crippen molar-refractivity contribution >= 4 is 5.57 Å². The molecule has 0 heterocycles. The minimum absolute atomic E-state index is 0. The first-order valence-electron chi connectivity index (χ1n) is 21.5. The minimum Gasteiger partial charge on any atom is -1.00 e. The van der Waals surface area contributed by atoms with E-state index in [4.69, 9.17) is 0 Å². The van der Waals surface area contributed by atoms with Gasteiger partial charge in [-0.2, -0.15) is 6.08 Å². The molecular weight excluding hydrogens is 823 g/mol. The SMILES string of the molecule is CCCCc1ccc(C(=C2C=C3[CH-]C4(C)C5(C)C=CC=CC5(C)C5(C)C=CC=CC5(C)C4(C)C3(C)C(C)=C2C2=CC=CC2)c2ccc(CCCC)cc2)cc1.[Cl-].[Cl-].[Zr+3]. The maximum absolute atomic E-state index is 2.78. The Morgan fingerprint density at radius 3 is 1.55 bits per heavy atom. The Balaban J connectivity index is 0.00000214. The van der Waals surface area contributed by atoms with Gasteiger partial charge in [-0.25, -0.2) is 12.0 Å². The van der Waals surface area contributed by atoms with E-state index in [1.165, 1.54) is 81.4 Å². The van der Waals surface area contributed by atoms with Crippen molar-refractivity contribution in [3.63, 3.8) is 0 Å². The molecular formula is C55H65Cl2Zr. The second-order valence-electron chi connectivity index (χ2n) is 19.2. The molecule has 8 rings (SSSR count). The average Bonchev–Trinajstić information content (AvgIpc) is 3.78. The summed E-state index contributed by atoms with van der Waals surface area (Å²) in [7, 11) is 0. The summed E-state index contributed by atoms with van der Waals surface area (Å²) in [6, 6.07) is 19.2. The van der Waals surface area contributed by atoms with E-state index < -0.39 is 0 Å². The fourth-order valence-corrected chi connectivity index (χ4v) is 13.3. The van der Waals surface area contributed by atoms with Gasteiger partial charge in [0.05, 0.1) is 0 Å². The number of hydrogen-bond donors (Lipinski definition) is 0. The van der Waals surface area contributed by atoms with Gasteiger partial charge in [-0.1, -0.05) is 207 Å². The number of rotatable bonds is 9. The molecule has 3 heteroatoms. The summed E-state index contributed by atoms with van der Waals surface area (Å²) in [5.74, 6) is 0. The third kappa shape index (κ3) is 5.85. The number of hydrogen-bond acceptors (Lipinski definition) is 0. The van der Waals surface area contributed by atoms with E-state index >= 15 is 0 Å². The second kappa shape index (κ2) is 16.4. The van der Waals surface area contributed by atoms with E-state index in [0.29, 0.717) is 0 Å². The summed E-state index contributed by atoms with van der Waals surface area (Å²) in [5, 5.41) is 0. The van der Waals surface area contributed by atoms with Crippen LogP contribution in [-0.2, 0) is 39.0 Å². The zero-order chi connectivity index (χ0) is 39.1. The van der Waals surface area contributed by atoms with Crippen LogP contribution in [0.15, 0.2) is 149 Å². The molecule has 7 unspecified atom stereocenters. The predicted molar refractivity (Wildman–Crippen MR) is 236 cm³/mol. The molecule has 0 aliphatic heterocycles. The largest absolute Gasteiger partial charge is 3.00 e. The van der Waals surface area contributed by atoms with E-state index in [-0.39, 0.29) is 88.9 Å². The Morgan fingerprint density at radius 1 is 0.621 bits per heavy atom. The first-order valence-corrected chi connectivity index (χ1v) is 21.5. The molecule has 0 N–H and O–H groups in total. The van der Waals surface area contributed by atoms with Crippen molar-refractivity contribution in [3.8, 4) is 0 Å². The van der Waals surface area contributed by atoms with E-state index in [1.54, 1.807) is 0 Å². The van der Waals surface area contributed by atoms with E-state index in [9.17, 15) is 0 Å². The van der Waals surface area contributed by atoms with Crippen LogP contribution >= 0.6 is 0 Å². The molecule has 6 aliphatic rings. The molecule has 7 atom stereocenters. The molecule has 58 heavy (non-hydrogen) atoms. The van der Waals surface area contributed by atoms with E-state index in [2.05, 4.69) is 197 Å². The number of benzene rings is 2. The van der Waals surface area contributed by atoms with Crippen LogP contribution in [0.4, 0.5) is 0 Å². The first-order chi connectivity index (χ1) is 26.2. The van der Waals surface area contributed by atoms with Crippen LogP contribution < -0.4 is 24.8 Å². The molecule has 0 amide bonds. The zero-order valence-electron chi connectivity index (χ0n) is 36.8. The average molecular weight is 888 g/mol. The van der Waals surface area contributed by atoms with Crippen LogP contribution in [0, 0.1) is 44.3 Å². The standard InChI is InChI=1S/C55H65.2ClH.Zr/c1-11-13-21-40-25-29-43(30-26-40)48(44-31-27-41(28-32-44)22-14-12-2)46-37-45-38-53(8)51(6)35-18-17-33-49(51,4)50(5)34-19-20-36-52(50,7)55(53,10)54(45,9)39(3)47(46)42-23-15-16-24-42;;;/h15-20,23,25-38H,11-14,21-22,24H2,1-10H3;2*1H;/q-1;;;+3/p-2. The summed E-state index contributed by atoms with van der Waals surface area (Å²) in [5.41, 5.74) is 13.0. The molecule has 0 nitrogen and oxygen atoms in total. The van der Waals surface area contributed by atoms with Gasteiger partial charge in [0.25, 0.3) is 0 Å². The van der Waals surface area contributed by atoms with Gasteiger partial charge in [-0.05, 0) is 94.2 Å². The van der Waals surface area contributed by atoms with E-state index in [1.807, 2.05) is 0 Å². The summed E-state index contributed by atoms with van der Waals surface area (Å²) in [6.45, 7) is 25.4. The summed E-state index contributed by atoms with van der Waals surface area (Å²) in [4.78, 5) is 0. The van der Waals surface area contributed by atoms with Crippen molar-refractivity contribution in [2.45, 2.75) is 114 Å². The summed E-state index contributed by atoms with van der Waals surface area (Å²) in [6.07, 6.45) is 40.3. The Labute approximate surface area is 383 Å². The van der Waals surface area contributed by atoms with Crippen LogP contribution in [0.1, 0.15) is 124 Å². The van der Waals surface area contributed by atoms with E-state index in [0.717, 1.165) is 19.3 Å². The van der Waals surface area contributed by atoms with Gasteiger partial charge in [0, 0.05) is 16.2 Å². The molecule has 2 saturated carbocycles. The molecule has 2 aromatic carbocycles. The fourth-order valence-electron chi connectivity index (χ4n) is 13.3. The molecule has 0 aromatic heterocycles. The van der Waals surface area contributed by atoms with Crippen molar-refractivity contribution in [3.05, 3.63) is 178 Å². The van der Waals surface area contributed by atoms with Gasteiger partial charge in [-0.15, -0.1) is 0 Å². The molecule has 1 radical (unpaired) electrons. The number of fused-ring (bicyclic) bond motifs is 8. The molecule has 0 saturated heterocycles. The predicted octanol–water partition coefficient (Wildman–Crippen LogP) is 8.85. The maximum Gasteiger partial charge on any atom is 3.00 e. The first kappa shape index (κ1) is 46.5. The molecule has 2 fully saturated rings. The van der Waals surface area contributed by atoms with Gasteiger partial charge in [0.1, 0.15) is 0 Å². The quantitative estimate of drug-likeness (QED) is 0.221. The normalized spacial score (nSPS) is 34.7. The van der Waals surface area contributed by atoms with Gasteiger partial charge >= 0.3 is 26.2 Å². The third-order valence-electron chi connectivity index (χ3n) is 17.5. The molecule has 0 spiro atoms. The van der Waals surface area contributed by atoms with Crippen molar-refractivity contribution < 1.29 is 51.0 Å². The number of halogens is 2. The van der Waals surface area contributed by atoms with Crippen LogP contribution in [0.3, 0.4) is 0 Å². The van der Waals surface area contributed by atoms with Crippen LogP contribution in [0.2, 0.25) is 0 Å². The van der Waals surface area contributed by atoms with Gasteiger partial charge in [0.2, 0.25) is 0 Å². The van der Waals surface area contributed by atoms with Crippen LogP contribution in [0.25, 0.3) is 5.57 Å². The Kier molecular flexibility index (Phi) is 13.1. The number of aryl methyl sites for hydroxylation is 2. The van der Waals surface area contributed by atoms with Crippen molar-refractivity contribution in [1.29, 1.82) is 0 Å². The maximum atomic E-state index is 2.78. The minimum atomic E-state index is -0.228. The fraction of sp³-hybridized carbons (Fsp3) is 0.436. The Bertz CT molecular complexity index is 2130. The van der Waals surface area contributed by atoms with Crippen LogP contribution in [0.5, 0.6) is 0 Å². The molecule has 303 valence electrons. The zero-order valence-corrected chi connectivity index (χ0v) is 40.8. The second-order valence-corrected chi connectivity index (χ2v) is 19.2. The smallest absolute Gasteiger partial charge is 1.00 e. The Hall–Kier alpha value is -2.57. The summed E-state index contributed by atoms with van der Waals surface area (Å²) >= 11 is 0. The number of unbranched alkanes of at least 4 members (excludes halogenated alkanes) is 2. The van der Waals surface area contributed by atoms with Gasteiger partial charge in [0.15, 0.2) is 0 Å². The molecule has 2 aromatic rings. The third-order valence-corrected chi connectivity index (χ3v) is 17.5. The van der Waals surface area contributed by atoms with Crippen LogP contribution in [-0.4, -0.2) is 0 Å². The topological polar surface area (TPSA) is 0 Å². The van der Waals surface area contributed by atoms with Gasteiger partial charge in [-0.3, -0.25) is 0 Å². The van der Waals surface area contributed by atoms with Crippen molar-refractivity contribution in [2.24, 2.45) is 37.9 Å². The summed E-state index contributed by atoms with van der Waals surface area (Å²) < 4.78 is 0. The Morgan fingerprint density at radius 2 is 1.09 bits per heavy atom. The molecule has 0 bridgehead atoms. The van der Waals surface area contributed by atoms with Gasteiger partial charge < -0.3 is 24.8 Å². The molecule has 6 aliphatic carbocycles.